The van der Waals surface area contributed by atoms with E-state index in [4.69, 9.17) is 16.3 Å². The minimum atomic E-state index is -0.142. The molecule has 1 aliphatic rings. The smallest absolute Gasteiger partial charge is 0.268 e. The number of carbonyl (C=O) groups is 1. The average Bonchev–Trinajstić information content (AvgIpc) is 2.87. The highest BCUT2D eigenvalue weighted by molar-refractivity contribution is 6.31. The van der Waals surface area contributed by atoms with Gasteiger partial charge in [0.15, 0.2) is 0 Å². The van der Waals surface area contributed by atoms with E-state index in [2.05, 4.69) is 10.3 Å². The van der Waals surface area contributed by atoms with Crippen LogP contribution in [0.3, 0.4) is 0 Å². The van der Waals surface area contributed by atoms with Crippen molar-refractivity contribution in [3.8, 4) is 0 Å². The van der Waals surface area contributed by atoms with Crippen LogP contribution in [-0.4, -0.2) is 28.1 Å². The highest BCUT2D eigenvalue weighted by Crippen LogP contribution is 2.28. The minimum absolute atomic E-state index is 0.0580. The third-order valence-corrected chi connectivity index (χ3v) is 4.08. The molecule has 6 heteroatoms. The summed E-state index contributed by atoms with van der Waals surface area (Å²) < 4.78 is 7.60. The van der Waals surface area contributed by atoms with Gasteiger partial charge in [-0.05, 0) is 36.6 Å². The van der Waals surface area contributed by atoms with E-state index in [1.807, 2.05) is 12.1 Å². The van der Waals surface area contributed by atoms with Gasteiger partial charge in [0.05, 0.1) is 11.1 Å². The highest BCUT2D eigenvalue weighted by atomic mass is 35.5. The van der Waals surface area contributed by atoms with E-state index in [0.29, 0.717) is 17.3 Å². The molecule has 1 saturated heterocycles. The average molecular weight is 320 g/mol. The van der Waals surface area contributed by atoms with Gasteiger partial charge in [-0.25, -0.2) is 0 Å². The fourth-order valence-electron chi connectivity index (χ4n) is 2.80. The van der Waals surface area contributed by atoms with E-state index >= 15 is 0 Å². The number of amides is 1. The molecule has 0 aromatic carbocycles. The van der Waals surface area contributed by atoms with Gasteiger partial charge in [0.25, 0.3) is 5.91 Å². The molecule has 0 saturated carbocycles. The van der Waals surface area contributed by atoms with Crippen molar-refractivity contribution in [2.45, 2.75) is 25.0 Å². The summed E-state index contributed by atoms with van der Waals surface area (Å²) in [5, 5.41) is 3.63. The normalized spacial score (nSPS) is 21.5. The molecule has 0 spiro atoms. The van der Waals surface area contributed by atoms with Crippen molar-refractivity contribution in [1.82, 2.24) is 14.9 Å². The molecule has 116 valence electrons. The van der Waals surface area contributed by atoms with Crippen LogP contribution in [0.5, 0.6) is 0 Å². The summed E-state index contributed by atoms with van der Waals surface area (Å²) >= 11 is 5.94. The number of ether oxygens (including phenoxy) is 1. The lowest BCUT2D eigenvalue weighted by Gasteiger charge is -2.32. The van der Waals surface area contributed by atoms with Crippen LogP contribution in [0.4, 0.5) is 0 Å². The Bertz CT molecular complexity index is 657. The lowest BCUT2D eigenvalue weighted by molar-refractivity contribution is -0.00958. The molecule has 3 rings (SSSR count). The molecule has 1 amide bonds. The lowest BCUT2D eigenvalue weighted by atomic mass is 9.96. The maximum absolute atomic E-state index is 12.5. The van der Waals surface area contributed by atoms with Gasteiger partial charge < -0.3 is 14.6 Å². The van der Waals surface area contributed by atoms with Crippen LogP contribution in [0.25, 0.3) is 0 Å². The number of hydrogen-bond donors (Lipinski definition) is 1. The van der Waals surface area contributed by atoms with Gasteiger partial charge in [-0.15, -0.1) is 0 Å². The molecule has 22 heavy (non-hydrogen) atoms. The van der Waals surface area contributed by atoms with Gasteiger partial charge >= 0.3 is 0 Å². The van der Waals surface area contributed by atoms with E-state index in [1.54, 1.807) is 36.3 Å². The van der Waals surface area contributed by atoms with Gasteiger partial charge in [0.1, 0.15) is 11.8 Å². The van der Waals surface area contributed by atoms with Gasteiger partial charge in [-0.3, -0.25) is 9.78 Å². The summed E-state index contributed by atoms with van der Waals surface area (Å²) in [6, 6.07) is 5.46. The number of aromatic nitrogens is 2. The zero-order chi connectivity index (χ0) is 15.5. The van der Waals surface area contributed by atoms with Crippen molar-refractivity contribution in [2.24, 2.45) is 7.05 Å². The Morgan fingerprint density at radius 3 is 2.91 bits per heavy atom. The largest absolute Gasteiger partial charge is 0.371 e. The predicted molar refractivity (Wildman–Crippen MR) is 83.8 cm³/mol. The van der Waals surface area contributed by atoms with Crippen molar-refractivity contribution < 1.29 is 9.53 Å². The Kier molecular flexibility index (Phi) is 4.45. The summed E-state index contributed by atoms with van der Waals surface area (Å²) in [4.78, 5) is 16.5. The number of nitrogens with one attached hydrogen (secondary N) is 1. The topological polar surface area (TPSA) is 56.2 Å². The van der Waals surface area contributed by atoms with Crippen LogP contribution in [0.1, 0.15) is 35.0 Å². The predicted octanol–water partition coefficient (Wildman–Crippen LogP) is 2.72. The maximum atomic E-state index is 12.5. The molecule has 1 fully saturated rings. The first-order valence-electron chi connectivity index (χ1n) is 7.29. The molecule has 1 N–H and O–H groups in total. The summed E-state index contributed by atoms with van der Waals surface area (Å²) in [6.07, 6.45) is 6.87. The SMILES string of the molecule is Cn1cc(Cl)cc1C(=O)N[C@H]1CCCO[C@@H]1c1ccncc1. The molecule has 0 bridgehead atoms. The first-order valence-corrected chi connectivity index (χ1v) is 7.67. The summed E-state index contributed by atoms with van der Waals surface area (Å²) in [7, 11) is 1.80. The molecule has 0 radical (unpaired) electrons. The quantitative estimate of drug-likeness (QED) is 0.946. The fraction of sp³-hybridized carbons (Fsp3) is 0.375. The summed E-state index contributed by atoms with van der Waals surface area (Å²) in [5.41, 5.74) is 1.58. The number of aryl methyl sites for hydroxylation is 1. The Labute approximate surface area is 134 Å². The van der Waals surface area contributed by atoms with Crippen molar-refractivity contribution in [3.63, 3.8) is 0 Å². The number of nitrogens with zero attached hydrogens (tertiary/aromatic N) is 2. The van der Waals surface area contributed by atoms with E-state index in [0.717, 1.165) is 18.4 Å². The van der Waals surface area contributed by atoms with Gasteiger partial charge in [0, 0.05) is 32.2 Å². The third-order valence-electron chi connectivity index (χ3n) is 3.88. The Morgan fingerprint density at radius 1 is 1.45 bits per heavy atom. The van der Waals surface area contributed by atoms with Crippen LogP contribution >= 0.6 is 11.6 Å². The molecule has 2 atom stereocenters. The third kappa shape index (κ3) is 3.15. The van der Waals surface area contributed by atoms with Gasteiger partial charge in [-0.1, -0.05) is 11.6 Å². The van der Waals surface area contributed by atoms with Crippen LogP contribution in [-0.2, 0) is 11.8 Å². The van der Waals surface area contributed by atoms with Crippen molar-refractivity contribution in [3.05, 3.63) is 53.1 Å². The zero-order valence-corrected chi connectivity index (χ0v) is 13.1. The Hall–Kier alpha value is -1.85. The van der Waals surface area contributed by atoms with Crippen LogP contribution in [0.2, 0.25) is 5.02 Å². The maximum Gasteiger partial charge on any atom is 0.268 e. The molecule has 0 unspecified atom stereocenters. The lowest BCUT2D eigenvalue weighted by Crippen LogP contribution is -2.43. The molecule has 2 aromatic rings. The number of pyridine rings is 1. The summed E-state index contributed by atoms with van der Waals surface area (Å²) in [6.45, 7) is 0.704. The van der Waals surface area contributed by atoms with E-state index < -0.39 is 0 Å². The standard InChI is InChI=1S/C16H18ClN3O2/c1-20-10-12(17)9-14(20)16(21)19-13-3-2-8-22-15(13)11-4-6-18-7-5-11/h4-7,9-10,13,15H,2-3,8H2,1H3,(H,19,21)/t13-,15+/m0/s1. The molecular weight excluding hydrogens is 302 g/mol. The first kappa shape index (κ1) is 15.1. The highest BCUT2D eigenvalue weighted by Gasteiger charge is 2.29. The number of carbonyl (C=O) groups excluding carboxylic acids is 1. The molecular formula is C16H18ClN3O2. The molecule has 5 nitrogen and oxygen atoms in total. The molecule has 2 aromatic heterocycles. The van der Waals surface area contributed by atoms with E-state index in [9.17, 15) is 4.79 Å². The molecule has 1 aliphatic heterocycles. The second kappa shape index (κ2) is 6.50. The summed E-state index contributed by atoms with van der Waals surface area (Å²) in [5.74, 6) is -0.135. The second-order valence-electron chi connectivity index (χ2n) is 5.45. The van der Waals surface area contributed by atoms with Crippen LogP contribution in [0.15, 0.2) is 36.8 Å². The molecule has 0 aliphatic carbocycles. The fourth-order valence-corrected chi connectivity index (χ4v) is 3.05. The van der Waals surface area contributed by atoms with Gasteiger partial charge in [0.2, 0.25) is 0 Å². The Morgan fingerprint density at radius 2 is 2.23 bits per heavy atom. The first-order chi connectivity index (χ1) is 10.6. The van der Waals surface area contributed by atoms with Crippen molar-refractivity contribution in [1.29, 1.82) is 0 Å². The van der Waals surface area contributed by atoms with Crippen molar-refractivity contribution in [2.75, 3.05) is 6.61 Å². The number of hydrogen-bond acceptors (Lipinski definition) is 3. The van der Waals surface area contributed by atoms with E-state index in [-0.39, 0.29) is 18.1 Å². The van der Waals surface area contributed by atoms with Crippen LogP contribution in [0, 0.1) is 0 Å². The molecule has 3 heterocycles. The van der Waals surface area contributed by atoms with Crippen LogP contribution < -0.4 is 5.32 Å². The minimum Gasteiger partial charge on any atom is -0.371 e. The van der Waals surface area contributed by atoms with Gasteiger partial charge in [-0.2, -0.15) is 0 Å². The number of halogens is 1. The van der Waals surface area contributed by atoms with E-state index in [1.165, 1.54) is 0 Å². The second-order valence-corrected chi connectivity index (χ2v) is 5.89. The number of rotatable bonds is 3. The van der Waals surface area contributed by atoms with Crippen molar-refractivity contribution >= 4 is 17.5 Å². The Balaban J connectivity index is 1.77. The zero-order valence-electron chi connectivity index (χ0n) is 12.3. The monoisotopic (exact) mass is 319 g/mol.